The lowest BCUT2D eigenvalue weighted by Gasteiger charge is -2.33. The molecule has 0 unspecified atom stereocenters. The third kappa shape index (κ3) is 5.50. The van der Waals surface area contributed by atoms with Crippen LogP contribution in [-0.2, 0) is 4.74 Å². The lowest BCUT2D eigenvalue weighted by molar-refractivity contribution is 0.0242. The number of rotatable bonds is 7. The molecule has 15 heavy (non-hydrogen) atoms. The Kier molecular flexibility index (Phi) is 6.22. The van der Waals surface area contributed by atoms with Crippen molar-refractivity contribution in [2.45, 2.75) is 39.0 Å². The van der Waals surface area contributed by atoms with Crippen molar-refractivity contribution in [2.24, 2.45) is 5.41 Å². The highest BCUT2D eigenvalue weighted by Crippen LogP contribution is 2.28. The highest BCUT2D eigenvalue weighted by Gasteiger charge is 2.26. The standard InChI is InChI=1S/C12H25NO2/c1-12(5-9-15-10-6-12)11-13-7-3-2-4-8-14/h13-14H,2-11H2,1H3. The third-order valence-corrected chi connectivity index (χ3v) is 3.26. The van der Waals surface area contributed by atoms with E-state index in [1.165, 1.54) is 19.3 Å². The van der Waals surface area contributed by atoms with E-state index in [2.05, 4.69) is 12.2 Å². The van der Waals surface area contributed by atoms with Crippen molar-refractivity contribution < 1.29 is 9.84 Å². The molecule has 0 saturated carbocycles. The minimum atomic E-state index is 0.328. The summed E-state index contributed by atoms with van der Waals surface area (Å²) < 4.78 is 5.37. The maximum Gasteiger partial charge on any atom is 0.0471 e. The van der Waals surface area contributed by atoms with Gasteiger partial charge in [-0.1, -0.05) is 6.92 Å². The largest absolute Gasteiger partial charge is 0.396 e. The fourth-order valence-electron chi connectivity index (χ4n) is 1.97. The van der Waals surface area contributed by atoms with Gasteiger partial charge in [-0.15, -0.1) is 0 Å². The van der Waals surface area contributed by atoms with Gasteiger partial charge in [0, 0.05) is 26.4 Å². The lowest BCUT2D eigenvalue weighted by Crippen LogP contribution is -2.37. The second-order valence-electron chi connectivity index (χ2n) is 4.88. The molecule has 0 atom stereocenters. The van der Waals surface area contributed by atoms with Crippen molar-refractivity contribution in [2.75, 3.05) is 32.9 Å². The predicted octanol–water partition coefficient (Wildman–Crippen LogP) is 1.56. The maximum absolute atomic E-state index is 8.63. The van der Waals surface area contributed by atoms with E-state index in [1.54, 1.807) is 0 Å². The Morgan fingerprint density at radius 2 is 1.93 bits per heavy atom. The number of hydrogen-bond donors (Lipinski definition) is 2. The first-order valence-corrected chi connectivity index (χ1v) is 6.16. The molecule has 1 aliphatic rings. The lowest BCUT2D eigenvalue weighted by atomic mass is 9.82. The van der Waals surface area contributed by atoms with Crippen LogP contribution >= 0.6 is 0 Å². The zero-order valence-electron chi connectivity index (χ0n) is 9.93. The van der Waals surface area contributed by atoms with Crippen LogP contribution in [0.4, 0.5) is 0 Å². The molecule has 1 rings (SSSR count). The highest BCUT2D eigenvalue weighted by atomic mass is 16.5. The fraction of sp³-hybridized carbons (Fsp3) is 1.00. The summed E-state index contributed by atoms with van der Waals surface area (Å²) in [5.41, 5.74) is 0.440. The number of aliphatic hydroxyl groups excluding tert-OH is 1. The van der Waals surface area contributed by atoms with Crippen molar-refractivity contribution in [3.05, 3.63) is 0 Å². The van der Waals surface area contributed by atoms with Gasteiger partial charge in [0.05, 0.1) is 0 Å². The van der Waals surface area contributed by atoms with Crippen LogP contribution in [0.15, 0.2) is 0 Å². The second kappa shape index (κ2) is 7.20. The van der Waals surface area contributed by atoms with Crippen LogP contribution in [0.3, 0.4) is 0 Å². The van der Waals surface area contributed by atoms with Crippen molar-refractivity contribution in [1.82, 2.24) is 5.32 Å². The monoisotopic (exact) mass is 215 g/mol. The molecule has 0 aromatic carbocycles. The van der Waals surface area contributed by atoms with Gasteiger partial charge in [-0.3, -0.25) is 0 Å². The molecule has 0 aromatic heterocycles. The van der Waals surface area contributed by atoms with Gasteiger partial charge in [0.2, 0.25) is 0 Å². The normalized spacial score (nSPS) is 20.4. The molecule has 90 valence electrons. The maximum atomic E-state index is 8.63. The van der Waals surface area contributed by atoms with Gasteiger partial charge in [0.1, 0.15) is 0 Å². The molecule has 2 N–H and O–H groups in total. The first-order chi connectivity index (χ1) is 7.27. The summed E-state index contributed by atoms with van der Waals surface area (Å²) in [6, 6.07) is 0. The molecule has 3 heteroatoms. The van der Waals surface area contributed by atoms with Crippen molar-refractivity contribution in [1.29, 1.82) is 0 Å². The van der Waals surface area contributed by atoms with E-state index in [1.807, 2.05) is 0 Å². The van der Waals surface area contributed by atoms with Crippen LogP contribution in [0.1, 0.15) is 39.0 Å². The number of aliphatic hydroxyl groups is 1. The zero-order chi connectivity index (χ0) is 11.0. The summed E-state index contributed by atoms with van der Waals surface area (Å²) in [5, 5.41) is 12.2. The van der Waals surface area contributed by atoms with E-state index in [-0.39, 0.29) is 0 Å². The molecule has 1 aliphatic heterocycles. The first kappa shape index (κ1) is 12.9. The Hall–Kier alpha value is -0.120. The Morgan fingerprint density at radius 3 is 2.60 bits per heavy atom. The average molecular weight is 215 g/mol. The van der Waals surface area contributed by atoms with E-state index in [0.717, 1.165) is 39.1 Å². The molecule has 0 aromatic rings. The molecule has 0 bridgehead atoms. The van der Waals surface area contributed by atoms with Crippen molar-refractivity contribution in [3.8, 4) is 0 Å². The van der Waals surface area contributed by atoms with Crippen LogP contribution in [0.2, 0.25) is 0 Å². The van der Waals surface area contributed by atoms with E-state index >= 15 is 0 Å². The van der Waals surface area contributed by atoms with E-state index < -0.39 is 0 Å². The average Bonchev–Trinajstić information content (AvgIpc) is 2.24. The SMILES string of the molecule is CC1(CNCCCCCO)CCOCC1. The van der Waals surface area contributed by atoms with Gasteiger partial charge in [-0.05, 0) is 44.1 Å². The summed E-state index contributed by atoms with van der Waals surface area (Å²) in [6.45, 7) is 6.70. The quantitative estimate of drug-likeness (QED) is 0.633. The summed E-state index contributed by atoms with van der Waals surface area (Å²) in [4.78, 5) is 0. The molecule has 0 amide bonds. The predicted molar refractivity (Wildman–Crippen MR) is 62.0 cm³/mol. The van der Waals surface area contributed by atoms with Crippen LogP contribution in [0.25, 0.3) is 0 Å². The Bertz CT molecular complexity index is 156. The molecule has 0 radical (unpaired) electrons. The van der Waals surface area contributed by atoms with Gasteiger partial charge < -0.3 is 15.2 Å². The topological polar surface area (TPSA) is 41.5 Å². The molecule has 0 aliphatic carbocycles. The molecule has 3 nitrogen and oxygen atoms in total. The van der Waals surface area contributed by atoms with Gasteiger partial charge in [-0.25, -0.2) is 0 Å². The van der Waals surface area contributed by atoms with Gasteiger partial charge in [0.15, 0.2) is 0 Å². The number of ether oxygens (including phenoxy) is 1. The molecule has 1 fully saturated rings. The summed E-state index contributed by atoms with van der Waals surface area (Å²) in [7, 11) is 0. The number of unbranched alkanes of at least 4 members (excludes halogenated alkanes) is 2. The van der Waals surface area contributed by atoms with Gasteiger partial charge >= 0.3 is 0 Å². The van der Waals surface area contributed by atoms with E-state index in [9.17, 15) is 0 Å². The van der Waals surface area contributed by atoms with Crippen LogP contribution in [-0.4, -0.2) is 38.0 Å². The van der Waals surface area contributed by atoms with Crippen molar-refractivity contribution >= 4 is 0 Å². The van der Waals surface area contributed by atoms with Crippen LogP contribution in [0.5, 0.6) is 0 Å². The molecule has 1 saturated heterocycles. The number of hydrogen-bond acceptors (Lipinski definition) is 3. The number of nitrogens with one attached hydrogen (secondary N) is 1. The minimum Gasteiger partial charge on any atom is -0.396 e. The molecular formula is C12H25NO2. The van der Waals surface area contributed by atoms with E-state index in [4.69, 9.17) is 9.84 Å². The van der Waals surface area contributed by atoms with Crippen molar-refractivity contribution in [3.63, 3.8) is 0 Å². The second-order valence-corrected chi connectivity index (χ2v) is 4.88. The first-order valence-electron chi connectivity index (χ1n) is 6.16. The third-order valence-electron chi connectivity index (χ3n) is 3.26. The summed E-state index contributed by atoms with van der Waals surface area (Å²) in [5.74, 6) is 0. The summed E-state index contributed by atoms with van der Waals surface area (Å²) >= 11 is 0. The van der Waals surface area contributed by atoms with E-state index in [0.29, 0.717) is 12.0 Å². The Balaban J connectivity index is 1.98. The van der Waals surface area contributed by atoms with Crippen LogP contribution < -0.4 is 5.32 Å². The molecular weight excluding hydrogens is 190 g/mol. The van der Waals surface area contributed by atoms with Crippen LogP contribution in [0, 0.1) is 5.41 Å². The van der Waals surface area contributed by atoms with Gasteiger partial charge in [0.25, 0.3) is 0 Å². The highest BCUT2D eigenvalue weighted by molar-refractivity contribution is 4.79. The minimum absolute atomic E-state index is 0.328. The molecule has 1 heterocycles. The van der Waals surface area contributed by atoms with Gasteiger partial charge in [-0.2, -0.15) is 0 Å². The smallest absolute Gasteiger partial charge is 0.0471 e. The molecule has 0 spiro atoms. The Morgan fingerprint density at radius 1 is 1.20 bits per heavy atom. The fourth-order valence-corrected chi connectivity index (χ4v) is 1.97. The zero-order valence-corrected chi connectivity index (χ0v) is 9.93. The Labute approximate surface area is 93.2 Å². The summed E-state index contributed by atoms with van der Waals surface area (Å²) in [6.07, 6.45) is 5.59.